The van der Waals surface area contributed by atoms with Crippen LogP contribution in [0, 0.1) is 22.7 Å². The lowest BCUT2D eigenvalue weighted by Crippen LogP contribution is -2.49. The van der Waals surface area contributed by atoms with Crippen LogP contribution in [-0.4, -0.2) is 36.0 Å². The molecular formula is C24H34O4. The molecule has 1 saturated carbocycles. The first kappa shape index (κ1) is 19.0. The van der Waals surface area contributed by atoms with E-state index < -0.39 is 11.5 Å². The number of carbonyl (C=O) groups excluding carboxylic acids is 1. The molecule has 1 aliphatic heterocycles. The van der Waals surface area contributed by atoms with E-state index in [1.807, 2.05) is 0 Å². The van der Waals surface area contributed by atoms with Crippen molar-refractivity contribution in [1.82, 2.24) is 0 Å². The summed E-state index contributed by atoms with van der Waals surface area (Å²) in [4.78, 5) is 13.0. The van der Waals surface area contributed by atoms with Gasteiger partial charge in [0.15, 0.2) is 11.6 Å². The monoisotopic (exact) mass is 386 g/mol. The van der Waals surface area contributed by atoms with Crippen LogP contribution in [0.4, 0.5) is 0 Å². The Balaban J connectivity index is 1.47. The van der Waals surface area contributed by atoms with Crippen LogP contribution in [0.2, 0.25) is 0 Å². The number of carbonyl (C=O) groups is 1. The summed E-state index contributed by atoms with van der Waals surface area (Å²) >= 11 is 0. The lowest BCUT2D eigenvalue weighted by Gasteiger charge is -2.51. The minimum absolute atomic E-state index is 0.0408. The summed E-state index contributed by atoms with van der Waals surface area (Å²) in [5.74, 6) is 0.815. The Kier molecular flexibility index (Phi) is 4.25. The summed E-state index contributed by atoms with van der Waals surface area (Å²) in [7, 11) is 0. The van der Waals surface area contributed by atoms with Gasteiger partial charge in [-0.05, 0) is 73.8 Å². The van der Waals surface area contributed by atoms with Gasteiger partial charge in [-0.25, -0.2) is 0 Å². The Morgan fingerprint density at radius 1 is 1.18 bits per heavy atom. The lowest BCUT2D eigenvalue weighted by molar-refractivity contribution is -0.164. The Morgan fingerprint density at radius 3 is 2.64 bits per heavy atom. The van der Waals surface area contributed by atoms with Gasteiger partial charge in [0.05, 0.1) is 13.2 Å². The van der Waals surface area contributed by atoms with Gasteiger partial charge in [0.2, 0.25) is 0 Å². The second kappa shape index (κ2) is 6.26. The summed E-state index contributed by atoms with van der Waals surface area (Å²) in [6.07, 6.45) is 9.84. The van der Waals surface area contributed by atoms with Crippen LogP contribution < -0.4 is 0 Å². The van der Waals surface area contributed by atoms with Crippen molar-refractivity contribution in [3.8, 4) is 0 Å². The number of ether oxygens (including phenoxy) is 2. The Bertz CT molecular complexity index is 757. The van der Waals surface area contributed by atoms with Crippen LogP contribution in [0.1, 0.15) is 72.1 Å². The van der Waals surface area contributed by atoms with Crippen LogP contribution in [-0.2, 0) is 14.3 Å². The first-order valence-electron chi connectivity index (χ1n) is 11.2. The molecule has 5 aliphatic rings. The van der Waals surface area contributed by atoms with E-state index in [0.717, 1.165) is 58.2 Å². The van der Waals surface area contributed by atoms with Gasteiger partial charge in [0, 0.05) is 18.3 Å². The summed E-state index contributed by atoms with van der Waals surface area (Å²) in [5.41, 5.74) is 4.26. The van der Waals surface area contributed by atoms with Crippen molar-refractivity contribution < 1.29 is 19.4 Å². The highest BCUT2D eigenvalue weighted by atomic mass is 16.7. The first-order chi connectivity index (χ1) is 13.3. The van der Waals surface area contributed by atoms with Gasteiger partial charge in [-0.15, -0.1) is 0 Å². The standard InChI is InChI=1S/C24H34O4/c1-15(25)21(26)23(3)10-8-20-19-5-4-16-14-24(27-12-13-28-24)11-7-17(16)18(19)6-9-22(20,23)2/h6,15,19-20,25H,4-5,7-14H2,1-3H3/t15-,19+,20-,22-,23+/m0/s1. The maximum Gasteiger partial charge on any atom is 0.172 e. The normalized spacial score (nSPS) is 42.6. The third-order valence-electron chi connectivity index (χ3n) is 9.17. The molecule has 4 heteroatoms. The van der Waals surface area contributed by atoms with Crippen molar-refractivity contribution in [2.45, 2.75) is 84.0 Å². The molecule has 0 radical (unpaired) electrons. The Morgan fingerprint density at radius 2 is 1.93 bits per heavy atom. The topological polar surface area (TPSA) is 55.8 Å². The number of hydrogen-bond acceptors (Lipinski definition) is 4. The van der Waals surface area contributed by atoms with E-state index in [-0.39, 0.29) is 17.0 Å². The average Bonchev–Trinajstić information content (AvgIpc) is 3.23. The van der Waals surface area contributed by atoms with Crippen LogP contribution in [0.3, 0.4) is 0 Å². The number of Topliss-reactive ketones (excluding diaryl/α,β-unsaturated/α-hetero) is 1. The highest BCUT2D eigenvalue weighted by Crippen LogP contribution is 2.66. The van der Waals surface area contributed by atoms with Crippen molar-refractivity contribution in [3.05, 3.63) is 22.8 Å². The molecule has 1 saturated heterocycles. The summed E-state index contributed by atoms with van der Waals surface area (Å²) in [5, 5.41) is 10.0. The molecule has 0 aromatic heterocycles. The largest absolute Gasteiger partial charge is 0.386 e. The van der Waals surface area contributed by atoms with Crippen LogP contribution >= 0.6 is 0 Å². The number of fused-ring (bicyclic) bond motifs is 4. The zero-order valence-electron chi connectivity index (χ0n) is 17.6. The number of aliphatic hydroxyl groups excluding tert-OH is 1. The SMILES string of the molecule is C[C@H](O)C(=O)[C@@]1(C)CC[C@H]2[C@@H]3CCC4=C(CCC5(C4)OCCO5)C3=CC[C@@]21C. The first-order valence-corrected chi connectivity index (χ1v) is 11.2. The van der Waals surface area contributed by atoms with Crippen LogP contribution in [0.25, 0.3) is 0 Å². The zero-order valence-corrected chi connectivity index (χ0v) is 17.6. The van der Waals surface area contributed by atoms with Gasteiger partial charge in [0.25, 0.3) is 0 Å². The third-order valence-corrected chi connectivity index (χ3v) is 9.17. The fraction of sp³-hybridized carbons (Fsp3) is 0.792. The molecule has 2 fully saturated rings. The van der Waals surface area contributed by atoms with E-state index in [1.54, 1.807) is 23.6 Å². The second-order valence-corrected chi connectivity index (χ2v) is 10.3. The van der Waals surface area contributed by atoms with Crippen molar-refractivity contribution in [1.29, 1.82) is 0 Å². The Labute approximate surface area is 168 Å². The number of rotatable bonds is 2. The molecule has 1 heterocycles. The molecule has 4 aliphatic carbocycles. The minimum atomic E-state index is -0.868. The zero-order chi connectivity index (χ0) is 19.7. The molecule has 0 aromatic carbocycles. The Hall–Kier alpha value is -0.970. The third kappa shape index (κ3) is 2.44. The lowest BCUT2D eigenvalue weighted by atomic mass is 9.52. The van der Waals surface area contributed by atoms with Gasteiger partial charge in [-0.2, -0.15) is 0 Å². The van der Waals surface area contributed by atoms with Gasteiger partial charge >= 0.3 is 0 Å². The fourth-order valence-corrected chi connectivity index (χ4v) is 7.41. The van der Waals surface area contributed by atoms with Gasteiger partial charge in [-0.1, -0.05) is 25.5 Å². The summed E-state index contributed by atoms with van der Waals surface area (Å²) in [6.45, 7) is 7.53. The van der Waals surface area contributed by atoms with E-state index in [9.17, 15) is 9.90 Å². The van der Waals surface area contributed by atoms with E-state index in [2.05, 4.69) is 19.9 Å². The minimum Gasteiger partial charge on any atom is -0.386 e. The second-order valence-electron chi connectivity index (χ2n) is 10.3. The predicted molar refractivity (Wildman–Crippen MR) is 107 cm³/mol. The quantitative estimate of drug-likeness (QED) is 0.768. The number of allylic oxidation sites excluding steroid dienone is 3. The highest BCUT2D eigenvalue weighted by molar-refractivity contribution is 5.89. The van der Waals surface area contributed by atoms with Gasteiger partial charge in [0.1, 0.15) is 6.10 Å². The van der Waals surface area contributed by atoms with Crippen molar-refractivity contribution >= 4 is 5.78 Å². The summed E-state index contributed by atoms with van der Waals surface area (Å²) in [6, 6.07) is 0. The molecule has 154 valence electrons. The van der Waals surface area contributed by atoms with E-state index in [1.165, 1.54) is 6.42 Å². The van der Waals surface area contributed by atoms with E-state index >= 15 is 0 Å². The molecule has 0 unspecified atom stereocenters. The van der Waals surface area contributed by atoms with E-state index in [4.69, 9.17) is 9.47 Å². The maximum atomic E-state index is 13.0. The van der Waals surface area contributed by atoms with E-state index in [0.29, 0.717) is 11.8 Å². The smallest absolute Gasteiger partial charge is 0.172 e. The van der Waals surface area contributed by atoms with Crippen molar-refractivity contribution in [2.24, 2.45) is 22.7 Å². The molecule has 1 N–H and O–H groups in total. The number of aliphatic hydroxyl groups is 1. The van der Waals surface area contributed by atoms with Crippen molar-refractivity contribution in [2.75, 3.05) is 13.2 Å². The molecule has 5 atom stereocenters. The number of ketones is 1. The highest BCUT2D eigenvalue weighted by Gasteiger charge is 2.61. The molecule has 0 aromatic rings. The predicted octanol–water partition coefficient (Wildman–Crippen LogP) is 4.32. The van der Waals surface area contributed by atoms with Gasteiger partial charge in [-0.3, -0.25) is 4.79 Å². The summed E-state index contributed by atoms with van der Waals surface area (Å²) < 4.78 is 12.0. The van der Waals surface area contributed by atoms with Crippen LogP contribution in [0.5, 0.6) is 0 Å². The molecule has 0 bridgehead atoms. The van der Waals surface area contributed by atoms with Crippen molar-refractivity contribution in [3.63, 3.8) is 0 Å². The molecular weight excluding hydrogens is 352 g/mol. The van der Waals surface area contributed by atoms with Crippen LogP contribution in [0.15, 0.2) is 22.8 Å². The maximum absolute atomic E-state index is 13.0. The molecule has 5 rings (SSSR count). The average molecular weight is 387 g/mol. The van der Waals surface area contributed by atoms with Gasteiger partial charge < -0.3 is 14.6 Å². The molecule has 1 spiro atoms. The molecule has 4 nitrogen and oxygen atoms in total. The fourth-order valence-electron chi connectivity index (χ4n) is 7.41. The molecule has 0 amide bonds. The molecule has 28 heavy (non-hydrogen) atoms. The number of hydrogen-bond donors (Lipinski definition) is 1.